The van der Waals surface area contributed by atoms with Crippen molar-refractivity contribution < 1.29 is 37.3 Å². The summed E-state index contributed by atoms with van der Waals surface area (Å²) in [5.41, 5.74) is 0.545. The molecule has 1 saturated heterocycles. The number of hydrogen-bond donors (Lipinski definition) is 0. The SMILES string of the molecule is CCOC(=O)c1c(OCc2ccccc2)c2ccc(O[C@@H]3CC(C)(C)CC(O[Si](CC)(CC)CC)=C3OC3CCCCO3)c(C)c2oc1=O. The smallest absolute Gasteiger partial charge is 0.354 e. The van der Waals surface area contributed by atoms with Gasteiger partial charge in [0, 0.05) is 18.4 Å². The highest BCUT2D eigenvalue weighted by atomic mass is 28.4. The second kappa shape index (κ2) is 15.8. The van der Waals surface area contributed by atoms with Crippen LogP contribution in [0.1, 0.15) is 95.1 Å². The van der Waals surface area contributed by atoms with Gasteiger partial charge in [-0.1, -0.05) is 65.0 Å². The number of allylic oxidation sites excluding steroid dienone is 1. The maximum absolute atomic E-state index is 13.4. The highest BCUT2D eigenvalue weighted by molar-refractivity contribution is 6.73. The van der Waals surface area contributed by atoms with Crippen molar-refractivity contribution in [2.45, 2.75) is 118 Å². The van der Waals surface area contributed by atoms with E-state index in [1.54, 1.807) is 13.0 Å². The zero-order valence-corrected chi connectivity index (χ0v) is 31.1. The van der Waals surface area contributed by atoms with Crippen LogP contribution in [0.15, 0.2) is 63.2 Å². The van der Waals surface area contributed by atoms with Gasteiger partial charge in [-0.2, -0.15) is 0 Å². The number of fused-ring (bicyclic) bond motifs is 1. The maximum Gasteiger partial charge on any atom is 0.354 e. The molecule has 0 bridgehead atoms. The van der Waals surface area contributed by atoms with Gasteiger partial charge in [0.1, 0.15) is 23.7 Å². The minimum atomic E-state index is -2.05. The molecule has 2 aromatic carbocycles. The number of ether oxygens (including phenoxy) is 5. The van der Waals surface area contributed by atoms with Gasteiger partial charge >= 0.3 is 11.6 Å². The summed E-state index contributed by atoms with van der Waals surface area (Å²) in [5, 5.41) is 0.476. The lowest BCUT2D eigenvalue weighted by Crippen LogP contribution is -2.42. The van der Waals surface area contributed by atoms with Gasteiger partial charge < -0.3 is 32.5 Å². The summed E-state index contributed by atoms with van der Waals surface area (Å²) in [5.74, 6) is 1.43. The van der Waals surface area contributed by atoms with Crippen molar-refractivity contribution in [3.8, 4) is 11.5 Å². The molecular weight excluding hydrogens is 641 g/mol. The third-order valence-electron chi connectivity index (χ3n) is 9.81. The van der Waals surface area contributed by atoms with Crippen LogP contribution in [-0.2, 0) is 25.2 Å². The molecule has 2 atom stereocenters. The molecule has 1 aliphatic heterocycles. The van der Waals surface area contributed by atoms with Gasteiger partial charge in [0.05, 0.1) is 18.6 Å². The standard InChI is InChI=1S/C39H52O9Si/c1-8-42-37(40)33-35(44-25-27-17-13-12-14-18-27)28-20-21-29(26(5)34(28)47-38(33)41)45-30-23-39(6,7)24-31(48-49(9-2,10-3)11-4)36(30)46-32-19-15-16-22-43-32/h12-14,17-18,20-21,30,32H,8-11,15-16,19,22-25H2,1-7H3/t30-,32?/m1/s1. The van der Waals surface area contributed by atoms with Crippen molar-refractivity contribution in [1.29, 1.82) is 0 Å². The van der Waals surface area contributed by atoms with E-state index < -0.39 is 26.0 Å². The molecule has 266 valence electrons. The fraction of sp³-hybridized carbons (Fsp3) is 0.538. The van der Waals surface area contributed by atoms with Crippen molar-refractivity contribution in [2.75, 3.05) is 13.2 Å². The third-order valence-corrected chi connectivity index (χ3v) is 14.4. The number of rotatable bonds is 14. The normalized spacial score (nSPS) is 19.4. The highest BCUT2D eigenvalue weighted by Gasteiger charge is 2.43. The third kappa shape index (κ3) is 8.35. The Morgan fingerprint density at radius 3 is 2.37 bits per heavy atom. The van der Waals surface area contributed by atoms with Crippen molar-refractivity contribution in [3.05, 3.63) is 81.1 Å². The minimum Gasteiger partial charge on any atom is -0.544 e. The van der Waals surface area contributed by atoms with Gasteiger partial charge in [0.2, 0.25) is 8.32 Å². The van der Waals surface area contributed by atoms with Crippen LogP contribution in [0.3, 0.4) is 0 Å². The van der Waals surface area contributed by atoms with E-state index in [9.17, 15) is 9.59 Å². The molecule has 9 nitrogen and oxygen atoms in total. The first-order valence-corrected chi connectivity index (χ1v) is 20.4. The molecule has 0 spiro atoms. The van der Waals surface area contributed by atoms with Gasteiger partial charge in [-0.05, 0) is 74.4 Å². The van der Waals surface area contributed by atoms with Crippen LogP contribution >= 0.6 is 0 Å². The molecule has 2 heterocycles. The lowest BCUT2D eigenvalue weighted by atomic mass is 9.78. The maximum atomic E-state index is 13.4. The predicted molar refractivity (Wildman–Crippen MR) is 191 cm³/mol. The molecule has 2 aliphatic rings. The molecule has 1 aliphatic carbocycles. The molecule has 49 heavy (non-hydrogen) atoms. The van der Waals surface area contributed by atoms with Crippen molar-refractivity contribution >= 4 is 25.3 Å². The van der Waals surface area contributed by atoms with E-state index in [0.29, 0.717) is 35.5 Å². The average molecular weight is 693 g/mol. The van der Waals surface area contributed by atoms with Gasteiger partial charge in [-0.25, -0.2) is 9.59 Å². The topological polar surface area (TPSA) is 103 Å². The van der Waals surface area contributed by atoms with Crippen LogP contribution in [0.25, 0.3) is 11.0 Å². The van der Waals surface area contributed by atoms with Gasteiger partial charge in [-0.3, -0.25) is 0 Å². The first kappa shape index (κ1) is 36.5. The number of carbonyl (C=O) groups excluding carboxylic acids is 1. The van der Waals surface area contributed by atoms with Gasteiger partial charge in [-0.15, -0.1) is 0 Å². The number of esters is 1. The van der Waals surface area contributed by atoms with Crippen molar-refractivity contribution in [2.24, 2.45) is 5.41 Å². The zero-order chi connectivity index (χ0) is 35.2. The molecule has 0 amide bonds. The Kier molecular flexibility index (Phi) is 11.8. The van der Waals surface area contributed by atoms with Gasteiger partial charge in [0.15, 0.2) is 29.5 Å². The Bertz CT molecular complexity index is 1680. The molecule has 1 unspecified atom stereocenters. The van der Waals surface area contributed by atoms with E-state index >= 15 is 0 Å². The summed E-state index contributed by atoms with van der Waals surface area (Å²) < 4.78 is 43.9. The van der Waals surface area contributed by atoms with Crippen LogP contribution in [0.2, 0.25) is 18.1 Å². The van der Waals surface area contributed by atoms with E-state index in [0.717, 1.165) is 55.1 Å². The van der Waals surface area contributed by atoms with Crippen LogP contribution < -0.4 is 15.1 Å². The van der Waals surface area contributed by atoms with Crippen molar-refractivity contribution in [1.82, 2.24) is 0 Å². The largest absolute Gasteiger partial charge is 0.544 e. The van der Waals surface area contributed by atoms with E-state index in [4.69, 9.17) is 32.5 Å². The Morgan fingerprint density at radius 2 is 1.71 bits per heavy atom. The summed E-state index contributed by atoms with van der Waals surface area (Å²) >= 11 is 0. The first-order chi connectivity index (χ1) is 23.5. The fourth-order valence-electron chi connectivity index (χ4n) is 6.76. The van der Waals surface area contributed by atoms with E-state index in [2.05, 4.69) is 34.6 Å². The zero-order valence-electron chi connectivity index (χ0n) is 30.1. The second-order valence-corrected chi connectivity index (χ2v) is 18.5. The van der Waals surface area contributed by atoms with E-state index in [1.807, 2.05) is 43.3 Å². The lowest BCUT2D eigenvalue weighted by Gasteiger charge is -2.42. The quantitative estimate of drug-likeness (QED) is 0.0929. The lowest BCUT2D eigenvalue weighted by molar-refractivity contribution is -0.153. The molecule has 10 heteroatoms. The monoisotopic (exact) mass is 692 g/mol. The molecule has 3 aromatic rings. The molecule has 0 radical (unpaired) electrons. The van der Waals surface area contributed by atoms with Crippen LogP contribution in [0, 0.1) is 12.3 Å². The number of benzene rings is 2. The average Bonchev–Trinajstić information content (AvgIpc) is 3.09. The number of hydrogen-bond acceptors (Lipinski definition) is 9. The van der Waals surface area contributed by atoms with Crippen LogP contribution in [0.5, 0.6) is 11.5 Å². The molecule has 0 N–H and O–H groups in total. The highest BCUT2D eigenvalue weighted by Crippen LogP contribution is 2.45. The first-order valence-electron chi connectivity index (χ1n) is 17.8. The molecule has 5 rings (SSSR count). The summed E-state index contributed by atoms with van der Waals surface area (Å²) in [6.07, 6.45) is 3.47. The van der Waals surface area contributed by atoms with Crippen LogP contribution in [-0.4, -0.2) is 39.9 Å². The Balaban J connectivity index is 1.58. The number of carbonyl (C=O) groups is 1. The Hall–Kier alpha value is -3.76. The predicted octanol–water partition coefficient (Wildman–Crippen LogP) is 9.20. The number of aryl methyl sites for hydroxylation is 1. The van der Waals surface area contributed by atoms with E-state index in [1.165, 1.54) is 0 Å². The van der Waals surface area contributed by atoms with Gasteiger partial charge in [0.25, 0.3) is 0 Å². The molecule has 1 aromatic heterocycles. The molecular formula is C39H52O9Si. The van der Waals surface area contributed by atoms with E-state index in [-0.39, 0.29) is 41.8 Å². The van der Waals surface area contributed by atoms with Crippen LogP contribution in [0.4, 0.5) is 0 Å². The molecule has 0 saturated carbocycles. The Labute approximate surface area is 291 Å². The summed E-state index contributed by atoms with van der Waals surface area (Å²) in [4.78, 5) is 26.4. The second-order valence-electron chi connectivity index (χ2n) is 13.9. The summed E-state index contributed by atoms with van der Waals surface area (Å²) in [6.45, 7) is 15.6. The summed E-state index contributed by atoms with van der Waals surface area (Å²) in [6, 6.07) is 16.2. The summed E-state index contributed by atoms with van der Waals surface area (Å²) in [7, 11) is -2.05. The Morgan fingerprint density at radius 1 is 0.980 bits per heavy atom. The van der Waals surface area contributed by atoms with Crippen molar-refractivity contribution in [3.63, 3.8) is 0 Å². The minimum absolute atomic E-state index is 0.103. The fourth-order valence-corrected chi connectivity index (χ4v) is 9.39. The molecule has 1 fully saturated rings.